The van der Waals surface area contributed by atoms with Crippen molar-refractivity contribution in [2.75, 3.05) is 11.9 Å². The van der Waals surface area contributed by atoms with Crippen molar-refractivity contribution in [1.82, 2.24) is 9.97 Å². The molecule has 0 atom stereocenters. The van der Waals surface area contributed by atoms with Crippen LogP contribution in [0.15, 0.2) is 4.47 Å². The summed E-state index contributed by atoms with van der Waals surface area (Å²) in [5.74, 6) is 2.57. The fourth-order valence-electron chi connectivity index (χ4n) is 1.66. The van der Waals surface area contributed by atoms with Gasteiger partial charge in [0.25, 0.3) is 0 Å². The highest BCUT2D eigenvalue weighted by Crippen LogP contribution is 2.43. The van der Waals surface area contributed by atoms with Gasteiger partial charge in [-0.2, -0.15) is 0 Å². The molecule has 1 saturated carbocycles. The lowest BCUT2D eigenvalue weighted by molar-refractivity contribution is 0.865. The minimum absolute atomic E-state index is 0.657. The summed E-state index contributed by atoms with van der Waals surface area (Å²) in [6.45, 7) is 5.22. The van der Waals surface area contributed by atoms with E-state index in [0.29, 0.717) is 5.92 Å². The predicted octanol–water partition coefficient (Wildman–Crippen LogP) is 3.50. The van der Waals surface area contributed by atoms with Crippen LogP contribution in [0.3, 0.4) is 0 Å². The molecule has 1 aromatic heterocycles. The summed E-state index contributed by atoms with van der Waals surface area (Å²) in [7, 11) is 0. The van der Waals surface area contributed by atoms with E-state index < -0.39 is 0 Å². The third-order valence-electron chi connectivity index (χ3n) is 2.75. The minimum Gasteiger partial charge on any atom is -0.369 e. The van der Waals surface area contributed by atoms with Crippen molar-refractivity contribution in [1.29, 1.82) is 0 Å². The molecule has 1 aliphatic carbocycles. The van der Waals surface area contributed by atoms with Crippen molar-refractivity contribution in [3.63, 3.8) is 0 Å². The number of aryl methyl sites for hydroxylation is 1. The lowest BCUT2D eigenvalue weighted by Crippen LogP contribution is -2.08. The Morgan fingerprint density at radius 2 is 2.06 bits per heavy atom. The van der Waals surface area contributed by atoms with Crippen molar-refractivity contribution < 1.29 is 0 Å². The van der Waals surface area contributed by atoms with Crippen LogP contribution in [-0.2, 0) is 6.42 Å². The van der Waals surface area contributed by atoms with E-state index in [0.717, 1.165) is 35.5 Å². The van der Waals surface area contributed by atoms with Crippen LogP contribution in [0.5, 0.6) is 0 Å². The van der Waals surface area contributed by atoms with Crippen LogP contribution < -0.4 is 5.32 Å². The highest BCUT2D eigenvalue weighted by Gasteiger charge is 2.29. The minimum atomic E-state index is 0.657. The quantitative estimate of drug-likeness (QED) is 0.899. The van der Waals surface area contributed by atoms with Gasteiger partial charge in [-0.3, -0.25) is 0 Å². The number of anilines is 1. The SMILES string of the molecule is CCCNc1nc(CC)nc(C2CC2)c1Br. The van der Waals surface area contributed by atoms with Gasteiger partial charge in [0.2, 0.25) is 0 Å². The number of hydrogen-bond donors (Lipinski definition) is 1. The fraction of sp³-hybridized carbons (Fsp3) is 0.667. The smallest absolute Gasteiger partial charge is 0.144 e. The van der Waals surface area contributed by atoms with Gasteiger partial charge in [-0.25, -0.2) is 9.97 Å². The van der Waals surface area contributed by atoms with E-state index in [-0.39, 0.29) is 0 Å². The lowest BCUT2D eigenvalue weighted by Gasteiger charge is -2.11. The lowest BCUT2D eigenvalue weighted by atomic mass is 10.2. The maximum atomic E-state index is 4.62. The molecule has 1 N–H and O–H groups in total. The Balaban J connectivity index is 2.30. The second-order valence-electron chi connectivity index (χ2n) is 4.24. The Kier molecular flexibility index (Phi) is 3.79. The number of halogens is 1. The molecular weight excluding hydrogens is 266 g/mol. The summed E-state index contributed by atoms with van der Waals surface area (Å²) in [4.78, 5) is 9.15. The molecule has 0 bridgehead atoms. The van der Waals surface area contributed by atoms with Crippen LogP contribution in [0.25, 0.3) is 0 Å². The van der Waals surface area contributed by atoms with Gasteiger partial charge in [0.05, 0.1) is 10.2 Å². The van der Waals surface area contributed by atoms with Crippen molar-refractivity contribution in [3.8, 4) is 0 Å². The van der Waals surface area contributed by atoms with Gasteiger partial charge in [0.15, 0.2) is 0 Å². The monoisotopic (exact) mass is 283 g/mol. The number of nitrogens with zero attached hydrogens (tertiary/aromatic N) is 2. The van der Waals surface area contributed by atoms with Crippen molar-refractivity contribution in [2.24, 2.45) is 0 Å². The summed E-state index contributed by atoms with van der Waals surface area (Å²) in [6, 6.07) is 0. The van der Waals surface area contributed by atoms with E-state index in [1.54, 1.807) is 0 Å². The van der Waals surface area contributed by atoms with Gasteiger partial charge in [0, 0.05) is 18.9 Å². The van der Waals surface area contributed by atoms with Crippen LogP contribution in [0.1, 0.15) is 50.5 Å². The molecule has 0 saturated heterocycles. The Morgan fingerprint density at radius 1 is 1.31 bits per heavy atom. The zero-order valence-electron chi connectivity index (χ0n) is 9.89. The third-order valence-corrected chi connectivity index (χ3v) is 3.53. The largest absolute Gasteiger partial charge is 0.369 e. The average molecular weight is 284 g/mol. The number of hydrogen-bond acceptors (Lipinski definition) is 3. The molecule has 3 nitrogen and oxygen atoms in total. The summed E-state index contributed by atoms with van der Waals surface area (Å²) in [6.07, 6.45) is 4.54. The van der Waals surface area contributed by atoms with E-state index in [1.165, 1.54) is 18.5 Å². The van der Waals surface area contributed by atoms with E-state index >= 15 is 0 Å². The molecule has 16 heavy (non-hydrogen) atoms. The summed E-state index contributed by atoms with van der Waals surface area (Å²) < 4.78 is 1.07. The van der Waals surface area contributed by atoms with Crippen molar-refractivity contribution in [3.05, 3.63) is 16.0 Å². The number of aromatic nitrogens is 2. The first kappa shape index (κ1) is 11.8. The Bertz CT molecular complexity index is 375. The van der Waals surface area contributed by atoms with Crippen molar-refractivity contribution in [2.45, 2.75) is 45.4 Å². The highest BCUT2D eigenvalue weighted by atomic mass is 79.9. The molecule has 2 rings (SSSR count). The second kappa shape index (κ2) is 5.13. The first-order valence-corrected chi connectivity index (χ1v) is 6.85. The topological polar surface area (TPSA) is 37.8 Å². The molecule has 1 fully saturated rings. The van der Waals surface area contributed by atoms with Crippen molar-refractivity contribution >= 4 is 21.7 Å². The first-order chi connectivity index (χ1) is 7.76. The molecule has 1 aromatic rings. The zero-order chi connectivity index (χ0) is 11.5. The van der Waals surface area contributed by atoms with Gasteiger partial charge in [-0.1, -0.05) is 13.8 Å². The van der Waals surface area contributed by atoms with Gasteiger partial charge in [-0.05, 0) is 35.2 Å². The van der Waals surface area contributed by atoms with Crippen LogP contribution in [-0.4, -0.2) is 16.5 Å². The second-order valence-corrected chi connectivity index (χ2v) is 5.04. The molecule has 0 aromatic carbocycles. The standard InChI is InChI=1S/C12H18BrN3/c1-3-7-14-12-10(13)11(8-5-6-8)15-9(4-2)16-12/h8H,3-7H2,1-2H3,(H,14,15,16). The molecule has 88 valence electrons. The third kappa shape index (κ3) is 2.54. The van der Waals surface area contributed by atoms with Gasteiger partial charge < -0.3 is 5.32 Å². The molecule has 4 heteroatoms. The molecule has 0 amide bonds. The van der Waals surface area contributed by atoms with Crippen LogP contribution >= 0.6 is 15.9 Å². The van der Waals surface area contributed by atoms with Gasteiger partial charge in [0.1, 0.15) is 11.6 Å². The number of nitrogens with one attached hydrogen (secondary N) is 1. The van der Waals surface area contributed by atoms with E-state index in [1.807, 2.05) is 0 Å². The van der Waals surface area contributed by atoms with Gasteiger partial charge in [-0.15, -0.1) is 0 Å². The normalized spacial score (nSPS) is 15.2. The zero-order valence-corrected chi connectivity index (χ0v) is 11.5. The molecule has 0 radical (unpaired) electrons. The van der Waals surface area contributed by atoms with E-state index in [4.69, 9.17) is 0 Å². The van der Waals surface area contributed by atoms with E-state index in [2.05, 4.69) is 45.1 Å². The fourth-order valence-corrected chi connectivity index (χ4v) is 2.30. The Labute approximate surface area is 105 Å². The van der Waals surface area contributed by atoms with Crippen LogP contribution in [0.4, 0.5) is 5.82 Å². The Hall–Kier alpha value is -0.640. The molecule has 0 unspecified atom stereocenters. The molecule has 0 aliphatic heterocycles. The molecule has 1 heterocycles. The molecule has 1 aliphatic rings. The first-order valence-electron chi connectivity index (χ1n) is 6.06. The maximum Gasteiger partial charge on any atom is 0.144 e. The maximum absolute atomic E-state index is 4.62. The predicted molar refractivity (Wildman–Crippen MR) is 69.9 cm³/mol. The van der Waals surface area contributed by atoms with Crippen LogP contribution in [0, 0.1) is 0 Å². The summed E-state index contributed by atoms with van der Waals surface area (Å²) in [5, 5.41) is 3.36. The number of rotatable bonds is 5. The van der Waals surface area contributed by atoms with E-state index in [9.17, 15) is 0 Å². The Morgan fingerprint density at radius 3 is 2.62 bits per heavy atom. The van der Waals surface area contributed by atoms with Crippen LogP contribution in [0.2, 0.25) is 0 Å². The molecular formula is C12H18BrN3. The van der Waals surface area contributed by atoms with Gasteiger partial charge >= 0.3 is 0 Å². The average Bonchev–Trinajstić information content (AvgIpc) is 3.11. The summed E-state index contributed by atoms with van der Waals surface area (Å²) in [5.41, 5.74) is 1.20. The molecule has 0 spiro atoms. The highest BCUT2D eigenvalue weighted by molar-refractivity contribution is 9.10. The summed E-state index contributed by atoms with van der Waals surface area (Å²) >= 11 is 3.63.